The van der Waals surface area contributed by atoms with Crippen LogP contribution in [0.2, 0.25) is 0 Å². The lowest BCUT2D eigenvalue weighted by Crippen LogP contribution is -2.37. The number of esters is 2. The van der Waals surface area contributed by atoms with Crippen LogP contribution < -0.4 is 4.89 Å². The number of unbranched alkanes of at least 4 members (excludes halogenated alkanes) is 41. The molecule has 0 N–H and O–H groups in total. The fraction of sp³-hybridized carbons (Fsp3) is 0.879. The van der Waals surface area contributed by atoms with Crippen LogP contribution in [0, 0.1) is 0 Å². The highest BCUT2D eigenvalue weighted by molar-refractivity contribution is 7.45. The van der Waals surface area contributed by atoms with Crippen molar-refractivity contribution in [2.75, 3.05) is 47.5 Å². The first-order valence-corrected chi connectivity index (χ1v) is 34.2. The molecule has 0 amide bonds. The molecule has 0 spiro atoms. The maximum absolute atomic E-state index is 12.8. The molecule has 2 atom stereocenters. The molecule has 0 rings (SSSR count). The van der Waals surface area contributed by atoms with Crippen molar-refractivity contribution in [3.05, 3.63) is 36.5 Å². The highest BCUT2D eigenvalue weighted by Gasteiger charge is 2.22. The zero-order chi connectivity index (χ0) is 55.6. The normalized spacial score (nSPS) is 13.4. The third kappa shape index (κ3) is 61.4. The molecule has 0 saturated carbocycles. The van der Waals surface area contributed by atoms with Gasteiger partial charge in [0.1, 0.15) is 19.8 Å². The van der Waals surface area contributed by atoms with Gasteiger partial charge in [0.25, 0.3) is 7.82 Å². The summed E-state index contributed by atoms with van der Waals surface area (Å²) in [6, 6.07) is 0. The van der Waals surface area contributed by atoms with Gasteiger partial charge >= 0.3 is 11.9 Å². The highest BCUT2D eigenvalue weighted by Crippen LogP contribution is 2.38. The number of phosphoric ester groups is 1. The van der Waals surface area contributed by atoms with Crippen LogP contribution in [-0.4, -0.2) is 70.0 Å². The third-order valence-electron chi connectivity index (χ3n) is 14.7. The monoisotopic (exact) mass is 1090 g/mol. The summed E-state index contributed by atoms with van der Waals surface area (Å²) < 4.78 is 34.3. The van der Waals surface area contributed by atoms with Crippen LogP contribution in [0.5, 0.6) is 0 Å². The van der Waals surface area contributed by atoms with Crippen LogP contribution in [0.3, 0.4) is 0 Å². The number of likely N-dealkylation sites (N-methyl/N-ethyl adjacent to an activating group) is 1. The van der Waals surface area contributed by atoms with Crippen molar-refractivity contribution in [2.45, 2.75) is 328 Å². The van der Waals surface area contributed by atoms with E-state index in [1.54, 1.807) is 0 Å². The van der Waals surface area contributed by atoms with Crippen LogP contribution >= 0.6 is 7.82 Å². The molecule has 0 aliphatic heterocycles. The van der Waals surface area contributed by atoms with Gasteiger partial charge in [-0.1, -0.05) is 294 Å². The predicted molar refractivity (Wildman–Crippen MR) is 324 cm³/mol. The fourth-order valence-electron chi connectivity index (χ4n) is 9.61. The summed E-state index contributed by atoms with van der Waals surface area (Å²) >= 11 is 0. The first-order chi connectivity index (χ1) is 37.0. The highest BCUT2D eigenvalue weighted by atomic mass is 31.2. The van der Waals surface area contributed by atoms with Gasteiger partial charge in [-0.3, -0.25) is 14.2 Å². The van der Waals surface area contributed by atoms with E-state index < -0.39 is 26.5 Å². The molecule has 10 heteroatoms. The largest absolute Gasteiger partial charge is 0.756 e. The molecule has 0 bridgehead atoms. The van der Waals surface area contributed by atoms with E-state index >= 15 is 0 Å². The molecule has 0 aromatic heterocycles. The van der Waals surface area contributed by atoms with Gasteiger partial charge in [-0.2, -0.15) is 0 Å². The van der Waals surface area contributed by atoms with E-state index in [0.717, 1.165) is 51.4 Å². The summed E-state index contributed by atoms with van der Waals surface area (Å²) in [6.07, 6.45) is 72.1. The molecule has 76 heavy (non-hydrogen) atoms. The Balaban J connectivity index is 4.07. The van der Waals surface area contributed by atoms with Gasteiger partial charge in [-0.25, -0.2) is 0 Å². The van der Waals surface area contributed by atoms with Crippen molar-refractivity contribution in [3.8, 4) is 0 Å². The van der Waals surface area contributed by atoms with Crippen LogP contribution in [0.25, 0.3) is 0 Å². The average molecular weight is 1090 g/mol. The van der Waals surface area contributed by atoms with Crippen LogP contribution in [0.4, 0.5) is 0 Å². The molecule has 0 aromatic rings. The second-order valence-corrected chi connectivity index (χ2v) is 24.9. The Morgan fingerprint density at radius 2 is 0.711 bits per heavy atom. The Morgan fingerprint density at radius 3 is 1.05 bits per heavy atom. The minimum absolute atomic E-state index is 0.0292. The molecule has 0 aliphatic carbocycles. The average Bonchev–Trinajstić information content (AvgIpc) is 3.38. The van der Waals surface area contributed by atoms with Crippen LogP contribution in [0.15, 0.2) is 36.5 Å². The number of hydrogen-bond donors (Lipinski definition) is 0. The summed E-state index contributed by atoms with van der Waals surface area (Å²) in [5.74, 6) is -0.818. The Bertz CT molecular complexity index is 1380. The van der Waals surface area contributed by atoms with Crippen molar-refractivity contribution in [2.24, 2.45) is 0 Å². The van der Waals surface area contributed by atoms with Gasteiger partial charge in [-0.15, -0.1) is 0 Å². The van der Waals surface area contributed by atoms with Crippen molar-refractivity contribution < 1.29 is 42.1 Å². The van der Waals surface area contributed by atoms with E-state index in [2.05, 4.69) is 50.3 Å². The Hall–Kier alpha value is -1.77. The number of quaternary nitrogens is 1. The number of nitrogens with zero attached hydrogens (tertiary/aromatic N) is 1. The fourth-order valence-corrected chi connectivity index (χ4v) is 10.3. The maximum Gasteiger partial charge on any atom is 0.306 e. The third-order valence-corrected chi connectivity index (χ3v) is 15.6. The number of rotatable bonds is 61. The SMILES string of the molecule is CCCCCCC/C=C\C/C=C\C/C=C\CCCCCCCCCCCCCCC(=O)OC(COC(=O)CCCCCCCCCCCCCCCCCCCCCCCCCCC)COP(=O)([O-])OCC[N+](C)(C)C. The summed E-state index contributed by atoms with van der Waals surface area (Å²) in [4.78, 5) is 38.0. The molecule has 0 radical (unpaired) electrons. The number of phosphoric acid groups is 1. The standard InChI is InChI=1S/C66H126NO8P/c1-6-8-10-12-14-16-18-20-22-24-26-28-30-32-33-35-37-39-41-43-45-47-49-51-53-55-57-59-66(69)75-64(63-74-76(70,71)73-61-60-67(3,4)5)62-72-65(68)58-56-54-52-50-48-46-44-42-40-38-36-34-31-29-27-25-23-21-19-17-15-13-11-9-7-2/h18,20,24,26,30,32,64H,6-17,19,21-23,25,27-29,31,33-63H2,1-5H3/b20-18-,26-24-,32-30-. The minimum Gasteiger partial charge on any atom is -0.756 e. The quantitative estimate of drug-likeness (QED) is 0.0195. The molecule has 0 aromatic carbocycles. The van der Waals surface area contributed by atoms with E-state index in [0.29, 0.717) is 17.4 Å². The van der Waals surface area contributed by atoms with Crippen LogP contribution in [-0.2, 0) is 32.7 Å². The lowest BCUT2D eigenvalue weighted by atomic mass is 10.0. The molecule has 0 fully saturated rings. The minimum atomic E-state index is -4.64. The van der Waals surface area contributed by atoms with Crippen LogP contribution in [0.1, 0.15) is 322 Å². The van der Waals surface area contributed by atoms with Gasteiger partial charge in [0.15, 0.2) is 6.10 Å². The number of carbonyl (C=O) groups excluding carboxylic acids is 2. The first-order valence-electron chi connectivity index (χ1n) is 32.7. The van der Waals surface area contributed by atoms with Crippen molar-refractivity contribution in [3.63, 3.8) is 0 Å². The zero-order valence-electron chi connectivity index (χ0n) is 51.0. The Morgan fingerprint density at radius 1 is 0.408 bits per heavy atom. The molecule has 9 nitrogen and oxygen atoms in total. The predicted octanol–water partition coefficient (Wildman–Crippen LogP) is 20.1. The zero-order valence-corrected chi connectivity index (χ0v) is 51.9. The lowest BCUT2D eigenvalue weighted by Gasteiger charge is -2.28. The number of ether oxygens (including phenoxy) is 2. The van der Waals surface area contributed by atoms with Crippen molar-refractivity contribution in [1.29, 1.82) is 0 Å². The van der Waals surface area contributed by atoms with E-state index in [4.69, 9.17) is 18.5 Å². The molecule has 2 unspecified atom stereocenters. The number of carbonyl (C=O) groups is 2. The molecular weight excluding hydrogens is 966 g/mol. The maximum atomic E-state index is 12.8. The van der Waals surface area contributed by atoms with Gasteiger partial charge < -0.3 is 27.9 Å². The Labute approximate surface area is 471 Å². The molecule has 0 heterocycles. The second-order valence-electron chi connectivity index (χ2n) is 23.5. The van der Waals surface area contributed by atoms with Gasteiger partial charge in [0.2, 0.25) is 0 Å². The van der Waals surface area contributed by atoms with Crippen molar-refractivity contribution in [1.82, 2.24) is 0 Å². The summed E-state index contributed by atoms with van der Waals surface area (Å²) in [6.45, 7) is 4.29. The number of hydrogen-bond acceptors (Lipinski definition) is 8. The first kappa shape index (κ1) is 74.2. The smallest absolute Gasteiger partial charge is 0.306 e. The summed E-state index contributed by atoms with van der Waals surface area (Å²) in [5, 5.41) is 0. The molecule has 0 saturated heterocycles. The van der Waals surface area contributed by atoms with Gasteiger partial charge in [0.05, 0.1) is 27.7 Å². The Kier molecular flexibility index (Phi) is 56.6. The molecular formula is C66H126NO8P. The lowest BCUT2D eigenvalue weighted by molar-refractivity contribution is -0.870. The van der Waals surface area contributed by atoms with E-state index in [1.807, 2.05) is 21.1 Å². The van der Waals surface area contributed by atoms with E-state index in [1.165, 1.54) is 238 Å². The number of allylic oxidation sites excluding steroid dienone is 6. The van der Waals surface area contributed by atoms with Gasteiger partial charge in [0, 0.05) is 12.8 Å². The topological polar surface area (TPSA) is 111 Å². The summed E-state index contributed by atoms with van der Waals surface area (Å²) in [7, 11) is 1.18. The van der Waals surface area contributed by atoms with E-state index in [-0.39, 0.29) is 32.0 Å². The molecule has 0 aliphatic rings. The molecule has 448 valence electrons. The van der Waals surface area contributed by atoms with Gasteiger partial charge in [-0.05, 0) is 51.4 Å². The summed E-state index contributed by atoms with van der Waals surface area (Å²) in [5.41, 5.74) is 0. The van der Waals surface area contributed by atoms with E-state index in [9.17, 15) is 19.0 Å². The second kappa shape index (κ2) is 57.9. The van der Waals surface area contributed by atoms with Crippen molar-refractivity contribution >= 4 is 19.8 Å².